The maximum absolute atomic E-state index is 12.9. The molecule has 1 N–H and O–H groups in total. The molecule has 0 radical (unpaired) electrons. The smallest absolute Gasteiger partial charge is 0.335 e. The van der Waals surface area contributed by atoms with Crippen molar-refractivity contribution < 1.29 is 19.4 Å². The van der Waals surface area contributed by atoms with Crippen LogP contribution in [0, 0.1) is 0 Å². The highest BCUT2D eigenvalue weighted by Crippen LogP contribution is 2.37. The molecular formula is C20H17NO4S2. The van der Waals surface area contributed by atoms with Crippen molar-refractivity contribution in [3.05, 3.63) is 64.6 Å². The average molecular weight is 399 g/mol. The minimum absolute atomic E-state index is 0.101. The highest BCUT2D eigenvalue weighted by molar-refractivity contribution is 8.27. The number of hydrogen-bond acceptors (Lipinski definition) is 5. The molecule has 1 aliphatic rings. The first-order valence-electron chi connectivity index (χ1n) is 8.34. The molecule has 5 nitrogen and oxygen atoms in total. The number of amides is 1. The van der Waals surface area contributed by atoms with E-state index in [1.807, 2.05) is 31.2 Å². The van der Waals surface area contributed by atoms with E-state index in [0.717, 1.165) is 12.0 Å². The molecule has 0 aromatic heterocycles. The highest BCUT2D eigenvalue weighted by Gasteiger charge is 2.33. The third-order valence-electron chi connectivity index (χ3n) is 3.81. The number of carbonyl (C=O) groups excluding carboxylic acids is 1. The number of para-hydroxylation sites is 1. The Labute approximate surface area is 166 Å². The molecule has 0 atom stereocenters. The average Bonchev–Trinajstić information content (AvgIpc) is 2.94. The van der Waals surface area contributed by atoms with Gasteiger partial charge in [-0.1, -0.05) is 55.2 Å². The summed E-state index contributed by atoms with van der Waals surface area (Å²) in [4.78, 5) is 25.9. The van der Waals surface area contributed by atoms with Gasteiger partial charge in [-0.3, -0.25) is 9.69 Å². The van der Waals surface area contributed by atoms with E-state index < -0.39 is 5.97 Å². The van der Waals surface area contributed by atoms with Crippen molar-refractivity contribution in [2.24, 2.45) is 0 Å². The van der Waals surface area contributed by atoms with Crippen molar-refractivity contribution in [3.63, 3.8) is 0 Å². The van der Waals surface area contributed by atoms with Crippen LogP contribution in [0.5, 0.6) is 5.75 Å². The van der Waals surface area contributed by atoms with Crippen molar-refractivity contribution in [1.29, 1.82) is 0 Å². The maximum atomic E-state index is 12.9. The summed E-state index contributed by atoms with van der Waals surface area (Å²) >= 11 is 6.54. The van der Waals surface area contributed by atoms with Crippen LogP contribution < -0.4 is 9.64 Å². The maximum Gasteiger partial charge on any atom is 0.335 e. The van der Waals surface area contributed by atoms with Crippen LogP contribution in [0.4, 0.5) is 5.69 Å². The molecule has 2 aromatic rings. The molecule has 138 valence electrons. The molecule has 27 heavy (non-hydrogen) atoms. The fourth-order valence-corrected chi connectivity index (χ4v) is 3.84. The van der Waals surface area contributed by atoms with Crippen molar-refractivity contribution in [1.82, 2.24) is 0 Å². The summed E-state index contributed by atoms with van der Waals surface area (Å²) < 4.78 is 6.10. The summed E-state index contributed by atoms with van der Waals surface area (Å²) in [6, 6.07) is 13.7. The Bertz CT molecular complexity index is 939. The fraction of sp³-hybridized carbons (Fsp3) is 0.150. The lowest BCUT2D eigenvalue weighted by Crippen LogP contribution is -2.27. The van der Waals surface area contributed by atoms with E-state index >= 15 is 0 Å². The molecule has 0 aliphatic carbocycles. The summed E-state index contributed by atoms with van der Waals surface area (Å²) in [5, 5.41) is 9.17. The van der Waals surface area contributed by atoms with E-state index in [1.165, 1.54) is 28.8 Å². The zero-order valence-electron chi connectivity index (χ0n) is 14.5. The molecule has 0 spiro atoms. The van der Waals surface area contributed by atoms with E-state index in [-0.39, 0.29) is 11.5 Å². The number of rotatable bonds is 6. The predicted molar refractivity (Wildman–Crippen MR) is 111 cm³/mol. The number of hydrogen-bond donors (Lipinski definition) is 1. The zero-order valence-corrected chi connectivity index (χ0v) is 16.2. The Morgan fingerprint density at radius 2 is 2.04 bits per heavy atom. The minimum Gasteiger partial charge on any atom is -0.493 e. The molecule has 1 saturated heterocycles. The van der Waals surface area contributed by atoms with E-state index in [0.29, 0.717) is 27.3 Å². The van der Waals surface area contributed by atoms with Crippen LogP contribution in [0.3, 0.4) is 0 Å². The third kappa shape index (κ3) is 4.20. The van der Waals surface area contributed by atoms with Gasteiger partial charge in [0, 0.05) is 5.56 Å². The van der Waals surface area contributed by atoms with E-state index in [4.69, 9.17) is 22.1 Å². The number of aromatic carboxylic acids is 1. The quantitative estimate of drug-likeness (QED) is 0.567. The number of carboxylic acid groups (broad SMARTS) is 1. The lowest BCUT2D eigenvalue weighted by atomic mass is 10.1. The number of ether oxygens (including phenoxy) is 1. The number of anilines is 1. The first-order chi connectivity index (χ1) is 13.0. The molecule has 0 unspecified atom stereocenters. The van der Waals surface area contributed by atoms with Gasteiger partial charge < -0.3 is 9.84 Å². The monoisotopic (exact) mass is 399 g/mol. The standard InChI is InChI=1S/C20H17NO4S2/c1-2-10-25-16-9-4-3-6-13(16)12-17-18(22)21(20(26)27-17)15-8-5-7-14(11-15)19(23)24/h3-9,11-12H,2,10H2,1H3,(H,23,24)/b17-12-. The van der Waals surface area contributed by atoms with Crippen LogP contribution in [-0.4, -0.2) is 27.9 Å². The Morgan fingerprint density at radius 3 is 2.78 bits per heavy atom. The van der Waals surface area contributed by atoms with Gasteiger partial charge in [-0.15, -0.1) is 0 Å². The van der Waals surface area contributed by atoms with Crippen molar-refractivity contribution >= 4 is 51.9 Å². The summed E-state index contributed by atoms with van der Waals surface area (Å²) in [5.41, 5.74) is 1.34. The van der Waals surface area contributed by atoms with Crippen LogP contribution in [-0.2, 0) is 4.79 Å². The lowest BCUT2D eigenvalue weighted by Gasteiger charge is -2.14. The third-order valence-corrected chi connectivity index (χ3v) is 5.11. The second kappa shape index (κ2) is 8.37. The SMILES string of the molecule is CCCOc1ccccc1/C=C1\SC(=S)N(c2cccc(C(=O)O)c2)C1=O. The van der Waals surface area contributed by atoms with Crippen LogP contribution >= 0.6 is 24.0 Å². The minimum atomic E-state index is -1.06. The second-order valence-electron chi connectivity index (χ2n) is 5.76. The van der Waals surface area contributed by atoms with Gasteiger partial charge in [-0.2, -0.15) is 0 Å². The number of thiocarbonyl (C=S) groups is 1. The molecule has 0 saturated carbocycles. The highest BCUT2D eigenvalue weighted by atomic mass is 32.2. The molecule has 1 fully saturated rings. The number of nitrogens with zero attached hydrogens (tertiary/aromatic N) is 1. The van der Waals surface area contributed by atoms with Gasteiger partial charge in [-0.25, -0.2) is 4.79 Å². The zero-order chi connectivity index (χ0) is 19.4. The van der Waals surface area contributed by atoms with Crippen LogP contribution in [0.25, 0.3) is 6.08 Å². The Morgan fingerprint density at radius 1 is 1.26 bits per heavy atom. The summed E-state index contributed by atoms with van der Waals surface area (Å²) in [6.45, 7) is 2.62. The first kappa shape index (κ1) is 19.1. The predicted octanol–water partition coefficient (Wildman–Crippen LogP) is 4.58. The summed E-state index contributed by atoms with van der Waals surface area (Å²) in [5.74, 6) is -0.629. The molecule has 7 heteroatoms. The van der Waals surface area contributed by atoms with Crippen LogP contribution in [0.1, 0.15) is 29.3 Å². The second-order valence-corrected chi connectivity index (χ2v) is 7.43. The van der Waals surface area contributed by atoms with E-state index in [2.05, 4.69) is 0 Å². The molecule has 1 aliphatic heterocycles. The molecule has 2 aromatic carbocycles. The molecular weight excluding hydrogens is 382 g/mol. The first-order valence-corrected chi connectivity index (χ1v) is 9.57. The Hall–Kier alpha value is -2.64. The van der Waals surface area contributed by atoms with Crippen LogP contribution in [0.15, 0.2) is 53.4 Å². The normalized spacial score (nSPS) is 15.4. The van der Waals surface area contributed by atoms with E-state index in [1.54, 1.807) is 18.2 Å². The molecule has 3 rings (SSSR count). The number of thioether (sulfide) groups is 1. The number of benzene rings is 2. The van der Waals surface area contributed by atoms with Gasteiger partial charge in [0.25, 0.3) is 5.91 Å². The van der Waals surface area contributed by atoms with Gasteiger partial charge in [0.05, 0.1) is 22.8 Å². The van der Waals surface area contributed by atoms with Gasteiger partial charge >= 0.3 is 5.97 Å². The molecule has 0 bridgehead atoms. The van der Waals surface area contributed by atoms with Crippen molar-refractivity contribution in [3.8, 4) is 5.75 Å². The van der Waals surface area contributed by atoms with Gasteiger partial charge in [0.2, 0.25) is 0 Å². The van der Waals surface area contributed by atoms with Crippen molar-refractivity contribution in [2.45, 2.75) is 13.3 Å². The van der Waals surface area contributed by atoms with Crippen LogP contribution in [0.2, 0.25) is 0 Å². The fourth-order valence-electron chi connectivity index (χ4n) is 2.55. The topological polar surface area (TPSA) is 66.8 Å². The number of carbonyl (C=O) groups is 2. The van der Waals surface area contributed by atoms with Gasteiger partial charge in [0.1, 0.15) is 5.75 Å². The summed E-state index contributed by atoms with van der Waals surface area (Å²) in [7, 11) is 0. The largest absolute Gasteiger partial charge is 0.493 e. The Kier molecular flexibility index (Phi) is 5.93. The molecule has 1 amide bonds. The lowest BCUT2D eigenvalue weighted by molar-refractivity contribution is -0.113. The number of carboxylic acids is 1. The van der Waals surface area contributed by atoms with Gasteiger partial charge in [-0.05, 0) is 36.8 Å². The Balaban J connectivity index is 1.92. The summed E-state index contributed by atoms with van der Waals surface area (Å²) in [6.07, 6.45) is 2.64. The van der Waals surface area contributed by atoms with Gasteiger partial charge in [0.15, 0.2) is 4.32 Å². The van der Waals surface area contributed by atoms with E-state index in [9.17, 15) is 9.59 Å². The molecule has 1 heterocycles. The van der Waals surface area contributed by atoms with Crippen molar-refractivity contribution in [2.75, 3.05) is 11.5 Å².